The van der Waals surface area contributed by atoms with E-state index >= 15 is 0 Å². The summed E-state index contributed by atoms with van der Waals surface area (Å²) in [6.07, 6.45) is 1.68. The molecule has 4 aromatic rings. The number of rotatable bonds is 6. The second-order valence-corrected chi connectivity index (χ2v) is 8.16. The van der Waals surface area contributed by atoms with E-state index in [1.807, 2.05) is 32.0 Å². The Labute approximate surface area is 207 Å². The molecule has 0 fully saturated rings. The number of imide groups is 1. The van der Waals surface area contributed by atoms with Crippen LogP contribution in [-0.2, 0) is 0 Å². The maximum atomic E-state index is 13.1. The van der Waals surface area contributed by atoms with Crippen molar-refractivity contribution in [2.24, 2.45) is 0 Å². The lowest BCUT2D eigenvalue weighted by molar-refractivity contribution is 0.0925. The first-order valence-electron chi connectivity index (χ1n) is 11.4. The Bertz CT molecular complexity index is 1500. The Morgan fingerprint density at radius 2 is 1.72 bits per heavy atom. The predicted octanol–water partition coefficient (Wildman–Crippen LogP) is 4.90. The average Bonchev–Trinajstić information content (AvgIpc) is 3.14. The summed E-state index contributed by atoms with van der Waals surface area (Å²) in [6, 6.07) is 20.3. The van der Waals surface area contributed by atoms with Crippen LogP contribution in [0.25, 0.3) is 11.3 Å². The van der Waals surface area contributed by atoms with Gasteiger partial charge in [-0.1, -0.05) is 12.1 Å². The molecule has 0 radical (unpaired) electrons. The van der Waals surface area contributed by atoms with Gasteiger partial charge in [0.25, 0.3) is 17.7 Å². The number of nitrogens with one attached hydrogen (secondary N) is 1. The first kappa shape index (κ1) is 22.9. The van der Waals surface area contributed by atoms with E-state index in [-0.39, 0.29) is 16.7 Å². The molecule has 0 aliphatic carbocycles. The van der Waals surface area contributed by atoms with E-state index in [0.717, 1.165) is 16.2 Å². The zero-order chi connectivity index (χ0) is 25.2. The van der Waals surface area contributed by atoms with Gasteiger partial charge in [0.2, 0.25) is 0 Å². The molecule has 0 saturated heterocycles. The van der Waals surface area contributed by atoms with Crippen molar-refractivity contribution >= 4 is 29.1 Å². The lowest BCUT2D eigenvalue weighted by Gasteiger charge is -2.14. The highest BCUT2D eigenvalue weighted by Gasteiger charge is 2.37. The summed E-state index contributed by atoms with van der Waals surface area (Å²) in [5.41, 5.74) is 3.30. The van der Waals surface area contributed by atoms with Gasteiger partial charge in [0.1, 0.15) is 11.6 Å². The van der Waals surface area contributed by atoms with Crippen molar-refractivity contribution in [3.8, 4) is 17.0 Å². The largest absolute Gasteiger partial charge is 0.494 e. The minimum atomic E-state index is -0.477. The number of hydrogen-bond acceptors (Lipinski definition) is 6. The van der Waals surface area contributed by atoms with Gasteiger partial charge in [-0.3, -0.25) is 14.4 Å². The number of nitrogens with zero attached hydrogens (tertiary/aromatic N) is 3. The van der Waals surface area contributed by atoms with E-state index in [0.29, 0.717) is 29.6 Å². The van der Waals surface area contributed by atoms with E-state index in [2.05, 4.69) is 15.3 Å². The summed E-state index contributed by atoms with van der Waals surface area (Å²) in [5.74, 6) is -0.00297. The highest BCUT2D eigenvalue weighted by atomic mass is 16.5. The molecule has 3 amide bonds. The van der Waals surface area contributed by atoms with Crippen LogP contribution in [0.2, 0.25) is 0 Å². The monoisotopic (exact) mass is 478 g/mol. The van der Waals surface area contributed by atoms with Crippen molar-refractivity contribution in [1.29, 1.82) is 0 Å². The van der Waals surface area contributed by atoms with Crippen molar-refractivity contribution in [3.05, 3.63) is 102 Å². The van der Waals surface area contributed by atoms with E-state index in [1.165, 1.54) is 12.1 Å². The average molecular weight is 479 g/mol. The maximum Gasteiger partial charge on any atom is 0.266 e. The number of carbonyl (C=O) groups excluding carboxylic acids is 3. The molecule has 1 aliphatic heterocycles. The third-order valence-electron chi connectivity index (χ3n) is 5.75. The zero-order valence-electron chi connectivity index (χ0n) is 19.7. The minimum Gasteiger partial charge on any atom is -0.494 e. The standard InChI is InChI=1S/C28H22N4O4/c1-3-36-22-10-8-21(9-11-22)32-27(34)23-12-7-19(16-24(23)28(32)35)26(33)31-20-6-4-5-18(15-20)25-13-14-29-17(2)30-25/h4-16H,3H2,1-2H3,(H,31,33). The van der Waals surface area contributed by atoms with Crippen molar-refractivity contribution in [2.45, 2.75) is 13.8 Å². The molecule has 1 aromatic heterocycles. The quantitative estimate of drug-likeness (QED) is 0.396. The molecule has 5 rings (SSSR count). The van der Waals surface area contributed by atoms with E-state index in [9.17, 15) is 14.4 Å². The van der Waals surface area contributed by atoms with Crippen LogP contribution in [0.4, 0.5) is 11.4 Å². The van der Waals surface area contributed by atoms with E-state index in [4.69, 9.17) is 4.74 Å². The number of hydrogen-bond donors (Lipinski definition) is 1. The Morgan fingerprint density at radius 1 is 0.944 bits per heavy atom. The van der Waals surface area contributed by atoms with Crippen LogP contribution in [0.1, 0.15) is 43.8 Å². The Morgan fingerprint density at radius 3 is 2.47 bits per heavy atom. The van der Waals surface area contributed by atoms with Crippen LogP contribution in [0.15, 0.2) is 79.0 Å². The normalized spacial score (nSPS) is 12.4. The molecule has 8 heteroatoms. The van der Waals surface area contributed by atoms with Crippen molar-refractivity contribution in [3.63, 3.8) is 0 Å². The lowest BCUT2D eigenvalue weighted by Crippen LogP contribution is -2.29. The van der Waals surface area contributed by atoms with E-state index in [1.54, 1.807) is 48.7 Å². The minimum absolute atomic E-state index is 0.187. The van der Waals surface area contributed by atoms with Crippen molar-refractivity contribution in [2.75, 3.05) is 16.8 Å². The highest BCUT2D eigenvalue weighted by Crippen LogP contribution is 2.30. The third-order valence-corrected chi connectivity index (χ3v) is 5.75. The number of ether oxygens (including phenoxy) is 1. The SMILES string of the molecule is CCOc1ccc(N2C(=O)c3ccc(C(=O)Nc4cccc(-c5ccnc(C)n5)c4)cc3C2=O)cc1. The molecule has 0 atom stereocenters. The Balaban J connectivity index is 1.37. The number of amides is 3. The van der Waals surface area contributed by atoms with Gasteiger partial charge < -0.3 is 10.1 Å². The lowest BCUT2D eigenvalue weighted by atomic mass is 10.0. The molecule has 36 heavy (non-hydrogen) atoms. The fourth-order valence-corrected chi connectivity index (χ4v) is 4.05. The highest BCUT2D eigenvalue weighted by molar-refractivity contribution is 6.34. The van der Waals surface area contributed by atoms with Crippen LogP contribution >= 0.6 is 0 Å². The van der Waals surface area contributed by atoms with Gasteiger partial charge in [-0.15, -0.1) is 0 Å². The molecule has 3 aromatic carbocycles. The molecular formula is C28H22N4O4. The molecule has 0 bridgehead atoms. The molecule has 178 valence electrons. The van der Waals surface area contributed by atoms with Crippen LogP contribution in [0.3, 0.4) is 0 Å². The fourth-order valence-electron chi connectivity index (χ4n) is 4.05. The molecule has 8 nitrogen and oxygen atoms in total. The molecule has 0 unspecified atom stereocenters. The predicted molar refractivity (Wildman–Crippen MR) is 135 cm³/mol. The van der Waals surface area contributed by atoms with Gasteiger partial charge in [0.15, 0.2) is 0 Å². The van der Waals surface area contributed by atoms with Crippen molar-refractivity contribution < 1.29 is 19.1 Å². The summed E-state index contributed by atoms with van der Waals surface area (Å²) in [6.45, 7) is 4.20. The zero-order valence-corrected chi connectivity index (χ0v) is 19.7. The number of aromatic nitrogens is 2. The molecule has 2 heterocycles. The van der Waals surface area contributed by atoms with Crippen molar-refractivity contribution in [1.82, 2.24) is 9.97 Å². The number of carbonyl (C=O) groups is 3. The number of fused-ring (bicyclic) bond motifs is 1. The van der Waals surface area contributed by atoms with E-state index < -0.39 is 17.7 Å². The molecule has 1 N–H and O–H groups in total. The molecule has 0 saturated carbocycles. The molecule has 0 spiro atoms. The summed E-state index contributed by atoms with van der Waals surface area (Å²) in [4.78, 5) is 48.7. The van der Waals surface area contributed by atoms with Crippen LogP contribution in [-0.4, -0.2) is 34.3 Å². The number of benzene rings is 3. The topological polar surface area (TPSA) is 101 Å². The summed E-state index contributed by atoms with van der Waals surface area (Å²) in [7, 11) is 0. The molecular weight excluding hydrogens is 456 g/mol. The number of aryl methyl sites for hydroxylation is 1. The van der Waals surface area contributed by atoms with Gasteiger partial charge in [-0.25, -0.2) is 14.9 Å². The van der Waals surface area contributed by atoms with Gasteiger partial charge in [-0.2, -0.15) is 0 Å². The Hall–Kier alpha value is -4.85. The van der Waals surface area contributed by atoms with Gasteiger partial charge in [-0.05, 0) is 74.5 Å². The van der Waals surface area contributed by atoms with Crippen LogP contribution in [0, 0.1) is 6.92 Å². The third kappa shape index (κ3) is 4.32. The summed E-state index contributed by atoms with van der Waals surface area (Å²) >= 11 is 0. The van der Waals surface area contributed by atoms with Gasteiger partial charge >= 0.3 is 0 Å². The smallest absolute Gasteiger partial charge is 0.266 e. The summed E-state index contributed by atoms with van der Waals surface area (Å²) in [5, 5.41) is 2.86. The van der Waals surface area contributed by atoms with Crippen LogP contribution in [0.5, 0.6) is 5.75 Å². The first-order chi connectivity index (χ1) is 17.4. The summed E-state index contributed by atoms with van der Waals surface area (Å²) < 4.78 is 5.43. The van der Waals surface area contributed by atoms with Gasteiger partial charge in [0, 0.05) is 23.0 Å². The second kappa shape index (κ2) is 9.42. The maximum absolute atomic E-state index is 13.1. The fraction of sp³-hybridized carbons (Fsp3) is 0.107. The first-order valence-corrected chi connectivity index (χ1v) is 11.4. The van der Waals surface area contributed by atoms with Gasteiger partial charge in [0.05, 0.1) is 29.1 Å². The number of anilines is 2. The van der Waals surface area contributed by atoms with Crippen LogP contribution < -0.4 is 15.0 Å². The second-order valence-electron chi connectivity index (χ2n) is 8.16. The Kier molecular flexibility index (Phi) is 6.00. The molecule has 1 aliphatic rings.